The molecule has 60 valence electrons. The number of aldehydes is 1. The van der Waals surface area contributed by atoms with Crippen LogP contribution < -0.4 is 0 Å². The molecule has 0 amide bonds. The Hall–Kier alpha value is -1.05. The summed E-state index contributed by atoms with van der Waals surface area (Å²) in [4.78, 5) is 10.2. The third-order valence-corrected chi connectivity index (χ3v) is 1.94. The highest BCUT2D eigenvalue weighted by molar-refractivity contribution is 5.70. The molecule has 11 heavy (non-hydrogen) atoms. The van der Waals surface area contributed by atoms with E-state index in [1.54, 1.807) is 12.3 Å². The highest BCUT2D eigenvalue weighted by Gasteiger charge is 2.06. The number of furan rings is 1. The van der Waals surface area contributed by atoms with E-state index in [-0.39, 0.29) is 0 Å². The van der Waals surface area contributed by atoms with Crippen LogP contribution >= 0.6 is 0 Å². The average Bonchev–Trinajstić information content (AvgIpc) is 2.50. The van der Waals surface area contributed by atoms with E-state index in [2.05, 4.69) is 13.8 Å². The Balaban J connectivity index is 2.79. The van der Waals surface area contributed by atoms with Crippen LogP contribution in [-0.2, 0) is 0 Å². The molecule has 0 radical (unpaired) electrons. The molecule has 1 aromatic heterocycles. The molecule has 1 atom stereocenters. The zero-order chi connectivity index (χ0) is 8.27. The van der Waals surface area contributed by atoms with Crippen molar-refractivity contribution >= 4 is 6.29 Å². The van der Waals surface area contributed by atoms with Crippen LogP contribution in [0, 0.1) is 0 Å². The summed E-state index contributed by atoms with van der Waals surface area (Å²) in [6.45, 7) is 4.22. The SMILES string of the molecule is CC[C@H](C)c1coc(C=O)c1. The molecule has 0 saturated heterocycles. The van der Waals surface area contributed by atoms with Gasteiger partial charge in [-0.05, 0) is 24.0 Å². The van der Waals surface area contributed by atoms with Crippen molar-refractivity contribution in [2.24, 2.45) is 0 Å². The number of carbonyl (C=O) groups is 1. The first-order valence-corrected chi connectivity index (χ1v) is 3.81. The van der Waals surface area contributed by atoms with Crippen LogP contribution in [0.5, 0.6) is 0 Å². The summed E-state index contributed by atoms with van der Waals surface area (Å²) < 4.78 is 4.97. The summed E-state index contributed by atoms with van der Waals surface area (Å²) in [5, 5.41) is 0. The van der Waals surface area contributed by atoms with Gasteiger partial charge in [-0.3, -0.25) is 4.79 Å². The van der Waals surface area contributed by atoms with Gasteiger partial charge in [-0.1, -0.05) is 13.8 Å². The molecule has 2 heteroatoms. The summed E-state index contributed by atoms with van der Waals surface area (Å²) in [7, 11) is 0. The van der Waals surface area contributed by atoms with Crippen molar-refractivity contribution < 1.29 is 9.21 Å². The van der Waals surface area contributed by atoms with Gasteiger partial charge in [0.25, 0.3) is 0 Å². The van der Waals surface area contributed by atoms with Crippen LogP contribution in [-0.4, -0.2) is 6.29 Å². The lowest BCUT2D eigenvalue weighted by molar-refractivity contribution is 0.110. The third kappa shape index (κ3) is 1.70. The van der Waals surface area contributed by atoms with Crippen molar-refractivity contribution in [2.45, 2.75) is 26.2 Å². The second kappa shape index (κ2) is 3.37. The zero-order valence-electron chi connectivity index (χ0n) is 6.83. The third-order valence-electron chi connectivity index (χ3n) is 1.94. The van der Waals surface area contributed by atoms with Crippen LogP contribution in [0.25, 0.3) is 0 Å². The normalized spacial score (nSPS) is 12.9. The Kier molecular flexibility index (Phi) is 2.47. The van der Waals surface area contributed by atoms with Crippen LogP contribution in [0.2, 0.25) is 0 Å². The number of hydrogen-bond acceptors (Lipinski definition) is 2. The van der Waals surface area contributed by atoms with Gasteiger partial charge in [-0.25, -0.2) is 0 Å². The fourth-order valence-electron chi connectivity index (χ4n) is 0.924. The van der Waals surface area contributed by atoms with E-state index in [4.69, 9.17) is 4.42 Å². The molecule has 1 heterocycles. The molecule has 0 aliphatic rings. The molecule has 1 rings (SSSR count). The van der Waals surface area contributed by atoms with Gasteiger partial charge in [0.1, 0.15) is 0 Å². The van der Waals surface area contributed by atoms with E-state index in [1.165, 1.54) is 0 Å². The van der Waals surface area contributed by atoms with Crippen LogP contribution in [0.4, 0.5) is 0 Å². The van der Waals surface area contributed by atoms with Crippen LogP contribution in [0.15, 0.2) is 16.7 Å². The van der Waals surface area contributed by atoms with Gasteiger partial charge in [-0.2, -0.15) is 0 Å². The minimum atomic E-state index is 0.417. The lowest BCUT2D eigenvalue weighted by Crippen LogP contribution is -1.86. The minimum Gasteiger partial charge on any atom is -0.461 e. The molecular formula is C9H12O2. The second-order valence-electron chi connectivity index (χ2n) is 2.71. The summed E-state index contributed by atoms with van der Waals surface area (Å²) in [6, 6.07) is 1.79. The predicted octanol–water partition coefficient (Wildman–Crippen LogP) is 2.61. The fourth-order valence-corrected chi connectivity index (χ4v) is 0.924. The maximum atomic E-state index is 10.2. The Labute approximate surface area is 66.2 Å². The molecule has 1 aromatic rings. The number of rotatable bonds is 3. The van der Waals surface area contributed by atoms with Crippen molar-refractivity contribution in [2.75, 3.05) is 0 Å². The first-order chi connectivity index (χ1) is 5.27. The summed E-state index contributed by atoms with van der Waals surface area (Å²) in [6.07, 6.45) is 3.45. The average molecular weight is 152 g/mol. The molecule has 0 fully saturated rings. The molecule has 0 aromatic carbocycles. The molecule has 0 bridgehead atoms. The van der Waals surface area contributed by atoms with E-state index in [9.17, 15) is 4.79 Å². The van der Waals surface area contributed by atoms with Gasteiger partial charge in [0.05, 0.1) is 6.26 Å². The molecule has 0 spiro atoms. The summed E-state index contributed by atoms with van der Waals surface area (Å²) in [5.74, 6) is 0.896. The number of carbonyl (C=O) groups excluding carboxylic acids is 1. The highest BCUT2D eigenvalue weighted by atomic mass is 16.3. The smallest absolute Gasteiger partial charge is 0.185 e. The maximum Gasteiger partial charge on any atom is 0.185 e. The van der Waals surface area contributed by atoms with Crippen molar-refractivity contribution in [3.63, 3.8) is 0 Å². The molecule has 0 N–H and O–H groups in total. The quantitative estimate of drug-likeness (QED) is 0.623. The largest absolute Gasteiger partial charge is 0.461 e. The first-order valence-electron chi connectivity index (χ1n) is 3.81. The molecular weight excluding hydrogens is 140 g/mol. The van der Waals surface area contributed by atoms with Crippen LogP contribution in [0.3, 0.4) is 0 Å². The summed E-state index contributed by atoms with van der Waals surface area (Å²) >= 11 is 0. The van der Waals surface area contributed by atoms with Crippen molar-refractivity contribution in [3.05, 3.63) is 23.7 Å². The van der Waals surface area contributed by atoms with Gasteiger partial charge < -0.3 is 4.42 Å². The Morgan fingerprint density at radius 3 is 2.91 bits per heavy atom. The molecule has 2 nitrogen and oxygen atoms in total. The zero-order valence-corrected chi connectivity index (χ0v) is 6.83. The van der Waals surface area contributed by atoms with E-state index < -0.39 is 0 Å². The Bertz CT molecular complexity index is 237. The highest BCUT2D eigenvalue weighted by Crippen LogP contribution is 2.19. The van der Waals surface area contributed by atoms with Gasteiger partial charge in [0.2, 0.25) is 0 Å². The lowest BCUT2D eigenvalue weighted by Gasteiger charge is -2.01. The van der Waals surface area contributed by atoms with E-state index in [1.807, 2.05) is 0 Å². The van der Waals surface area contributed by atoms with Crippen molar-refractivity contribution in [1.82, 2.24) is 0 Å². The Morgan fingerprint density at radius 1 is 1.73 bits per heavy atom. The van der Waals surface area contributed by atoms with Crippen LogP contribution in [0.1, 0.15) is 42.3 Å². The standard InChI is InChI=1S/C9H12O2/c1-3-7(2)8-4-9(5-10)11-6-8/h4-7H,3H2,1-2H3/t7-/m0/s1. The van der Waals surface area contributed by atoms with Gasteiger partial charge in [0, 0.05) is 0 Å². The fraction of sp³-hybridized carbons (Fsp3) is 0.444. The molecule has 0 saturated carbocycles. The predicted molar refractivity (Wildman–Crippen MR) is 42.8 cm³/mol. The van der Waals surface area contributed by atoms with E-state index in [0.717, 1.165) is 18.3 Å². The minimum absolute atomic E-state index is 0.417. The van der Waals surface area contributed by atoms with Crippen molar-refractivity contribution in [3.8, 4) is 0 Å². The van der Waals surface area contributed by atoms with Gasteiger partial charge in [0.15, 0.2) is 12.0 Å². The van der Waals surface area contributed by atoms with E-state index >= 15 is 0 Å². The monoisotopic (exact) mass is 152 g/mol. The second-order valence-corrected chi connectivity index (χ2v) is 2.71. The maximum absolute atomic E-state index is 10.2. The van der Waals surface area contributed by atoms with Gasteiger partial charge in [-0.15, -0.1) is 0 Å². The first kappa shape index (κ1) is 8.05. The van der Waals surface area contributed by atoms with Crippen molar-refractivity contribution in [1.29, 1.82) is 0 Å². The Morgan fingerprint density at radius 2 is 2.45 bits per heavy atom. The van der Waals surface area contributed by atoms with Gasteiger partial charge >= 0.3 is 0 Å². The number of hydrogen-bond donors (Lipinski definition) is 0. The molecule has 0 aliphatic carbocycles. The van der Waals surface area contributed by atoms with E-state index in [0.29, 0.717) is 11.7 Å². The summed E-state index contributed by atoms with van der Waals surface area (Å²) in [5.41, 5.74) is 1.11. The lowest BCUT2D eigenvalue weighted by atomic mass is 10.0. The molecule has 0 aliphatic heterocycles. The molecule has 0 unspecified atom stereocenters. The topological polar surface area (TPSA) is 30.2 Å².